The Hall–Kier alpha value is -3.17. The molecule has 0 unspecified atom stereocenters. The molecule has 0 bridgehead atoms. The average Bonchev–Trinajstić information content (AvgIpc) is 2.55. The van der Waals surface area contributed by atoms with E-state index in [0.29, 0.717) is 5.69 Å². The van der Waals surface area contributed by atoms with E-state index in [-0.39, 0.29) is 21.7 Å². The summed E-state index contributed by atoms with van der Waals surface area (Å²) in [6, 6.07) is 11.1. The summed E-state index contributed by atoms with van der Waals surface area (Å²) in [6.07, 6.45) is 1.05. The van der Waals surface area contributed by atoms with Crippen molar-refractivity contribution in [2.45, 2.75) is 0 Å². The summed E-state index contributed by atoms with van der Waals surface area (Å²) in [7, 11) is 0. The predicted octanol–water partition coefficient (Wildman–Crippen LogP) is 3.72. The molecule has 0 fully saturated rings. The second kappa shape index (κ2) is 7.40. The monoisotopic (exact) mass is 344 g/mol. The minimum absolute atomic E-state index is 0.0576. The SMILES string of the molecule is N#CC(=Cc1c(F)cccc1Cl)C(=O)Nc1ccc(C(=O)O)cc1. The van der Waals surface area contributed by atoms with Gasteiger partial charge in [-0.1, -0.05) is 17.7 Å². The van der Waals surface area contributed by atoms with Crippen LogP contribution in [0.5, 0.6) is 0 Å². The van der Waals surface area contributed by atoms with Crippen molar-refractivity contribution in [3.8, 4) is 6.07 Å². The Morgan fingerprint density at radius 3 is 2.42 bits per heavy atom. The van der Waals surface area contributed by atoms with E-state index in [0.717, 1.165) is 12.1 Å². The second-order valence-corrected chi connectivity index (χ2v) is 5.05. The summed E-state index contributed by atoms with van der Waals surface area (Å²) in [5, 5.41) is 20.4. The van der Waals surface area contributed by atoms with E-state index in [9.17, 15) is 14.0 Å². The number of carboxylic acid groups (broad SMARTS) is 1. The van der Waals surface area contributed by atoms with Crippen molar-refractivity contribution in [1.29, 1.82) is 5.26 Å². The molecule has 0 radical (unpaired) electrons. The van der Waals surface area contributed by atoms with Crippen molar-refractivity contribution in [2.75, 3.05) is 5.32 Å². The molecule has 5 nitrogen and oxygen atoms in total. The van der Waals surface area contributed by atoms with Crippen molar-refractivity contribution in [3.63, 3.8) is 0 Å². The van der Waals surface area contributed by atoms with Crippen molar-refractivity contribution < 1.29 is 19.1 Å². The fourth-order valence-electron chi connectivity index (χ4n) is 1.84. The van der Waals surface area contributed by atoms with Crippen molar-refractivity contribution in [1.82, 2.24) is 0 Å². The lowest BCUT2D eigenvalue weighted by Crippen LogP contribution is -2.13. The topological polar surface area (TPSA) is 90.2 Å². The van der Waals surface area contributed by atoms with E-state index in [1.807, 2.05) is 0 Å². The van der Waals surface area contributed by atoms with Crippen LogP contribution in [0.25, 0.3) is 6.08 Å². The van der Waals surface area contributed by atoms with Crippen molar-refractivity contribution >= 4 is 35.2 Å². The number of carbonyl (C=O) groups is 2. The number of carboxylic acids is 1. The van der Waals surface area contributed by atoms with Crippen LogP contribution >= 0.6 is 11.6 Å². The number of aromatic carboxylic acids is 1. The summed E-state index contributed by atoms with van der Waals surface area (Å²) in [5.74, 6) is -2.52. The molecular weight excluding hydrogens is 335 g/mol. The molecule has 120 valence electrons. The van der Waals surface area contributed by atoms with Crippen molar-refractivity contribution in [2.24, 2.45) is 0 Å². The lowest BCUT2D eigenvalue weighted by molar-refractivity contribution is -0.112. The van der Waals surface area contributed by atoms with Gasteiger partial charge in [0.05, 0.1) is 10.6 Å². The Labute approximate surface area is 141 Å². The standard InChI is InChI=1S/C17H10ClFN2O3/c18-14-2-1-3-15(19)13(14)8-11(9-20)16(22)21-12-6-4-10(5-7-12)17(23)24/h1-8H,(H,21,22)(H,23,24). The maximum absolute atomic E-state index is 13.7. The van der Waals surface area contributed by atoms with Gasteiger partial charge in [-0.3, -0.25) is 4.79 Å². The number of amides is 1. The van der Waals surface area contributed by atoms with Gasteiger partial charge in [0.15, 0.2) is 0 Å². The van der Waals surface area contributed by atoms with Gasteiger partial charge < -0.3 is 10.4 Å². The first-order chi connectivity index (χ1) is 11.4. The van der Waals surface area contributed by atoms with Crippen LogP contribution in [0.3, 0.4) is 0 Å². The van der Waals surface area contributed by atoms with Crippen LogP contribution in [-0.2, 0) is 4.79 Å². The second-order valence-electron chi connectivity index (χ2n) is 4.64. The summed E-state index contributed by atoms with van der Waals surface area (Å²) in [5.41, 5.74) is -0.0515. The molecule has 24 heavy (non-hydrogen) atoms. The van der Waals surface area contributed by atoms with Crippen LogP contribution in [-0.4, -0.2) is 17.0 Å². The Morgan fingerprint density at radius 2 is 1.88 bits per heavy atom. The number of carbonyl (C=O) groups excluding carboxylic acids is 1. The summed E-state index contributed by atoms with van der Waals surface area (Å²) in [6.45, 7) is 0. The number of nitrogens with zero attached hydrogens (tertiary/aromatic N) is 1. The molecule has 0 aromatic heterocycles. The van der Waals surface area contributed by atoms with Crippen LogP contribution in [0.2, 0.25) is 5.02 Å². The van der Waals surface area contributed by atoms with Gasteiger partial charge in [-0.2, -0.15) is 5.26 Å². The summed E-state index contributed by atoms with van der Waals surface area (Å²) >= 11 is 5.86. The van der Waals surface area contributed by atoms with Crippen LogP contribution in [0.1, 0.15) is 15.9 Å². The van der Waals surface area contributed by atoms with E-state index in [4.69, 9.17) is 22.0 Å². The maximum atomic E-state index is 13.7. The van der Waals surface area contributed by atoms with Gasteiger partial charge >= 0.3 is 5.97 Å². The van der Waals surface area contributed by atoms with Gasteiger partial charge in [0.1, 0.15) is 17.5 Å². The number of hydrogen-bond donors (Lipinski definition) is 2. The number of nitrogens with one attached hydrogen (secondary N) is 1. The van der Waals surface area contributed by atoms with Crippen LogP contribution in [0.15, 0.2) is 48.0 Å². The summed E-state index contributed by atoms with van der Waals surface area (Å²) in [4.78, 5) is 22.9. The average molecular weight is 345 g/mol. The highest BCUT2D eigenvalue weighted by Crippen LogP contribution is 2.22. The van der Waals surface area contributed by atoms with E-state index < -0.39 is 17.7 Å². The lowest BCUT2D eigenvalue weighted by Gasteiger charge is -2.05. The molecule has 0 aliphatic rings. The zero-order valence-corrected chi connectivity index (χ0v) is 12.8. The first-order valence-corrected chi connectivity index (χ1v) is 7.00. The molecule has 2 aromatic rings. The van der Waals surface area contributed by atoms with E-state index in [1.54, 1.807) is 6.07 Å². The third kappa shape index (κ3) is 3.97. The largest absolute Gasteiger partial charge is 0.478 e. The molecule has 2 N–H and O–H groups in total. The molecule has 0 aliphatic carbocycles. The van der Waals surface area contributed by atoms with Gasteiger partial charge in [-0.05, 0) is 42.5 Å². The molecular formula is C17H10ClFN2O3. The summed E-state index contributed by atoms with van der Waals surface area (Å²) < 4.78 is 13.7. The highest BCUT2D eigenvalue weighted by Gasteiger charge is 2.13. The van der Waals surface area contributed by atoms with Crippen LogP contribution in [0.4, 0.5) is 10.1 Å². The fraction of sp³-hybridized carbons (Fsp3) is 0. The van der Waals surface area contributed by atoms with E-state index >= 15 is 0 Å². The molecule has 2 aromatic carbocycles. The number of nitriles is 1. The van der Waals surface area contributed by atoms with E-state index in [2.05, 4.69) is 5.32 Å². The highest BCUT2D eigenvalue weighted by molar-refractivity contribution is 6.32. The Kier molecular flexibility index (Phi) is 5.30. The molecule has 7 heteroatoms. The minimum atomic E-state index is -1.10. The quantitative estimate of drug-likeness (QED) is 0.653. The maximum Gasteiger partial charge on any atom is 0.335 e. The number of halogens is 2. The Balaban J connectivity index is 2.25. The Bertz CT molecular complexity index is 850. The fourth-order valence-corrected chi connectivity index (χ4v) is 2.05. The number of benzene rings is 2. The minimum Gasteiger partial charge on any atom is -0.478 e. The van der Waals surface area contributed by atoms with Gasteiger partial charge in [0.2, 0.25) is 0 Å². The Morgan fingerprint density at radius 1 is 1.21 bits per heavy atom. The predicted molar refractivity (Wildman–Crippen MR) is 87.0 cm³/mol. The highest BCUT2D eigenvalue weighted by atomic mass is 35.5. The van der Waals surface area contributed by atoms with Crippen molar-refractivity contribution in [3.05, 3.63) is 70.0 Å². The first-order valence-electron chi connectivity index (χ1n) is 6.63. The smallest absolute Gasteiger partial charge is 0.335 e. The zero-order chi connectivity index (χ0) is 17.7. The lowest BCUT2D eigenvalue weighted by atomic mass is 10.1. The molecule has 0 spiro atoms. The molecule has 0 saturated carbocycles. The van der Waals surface area contributed by atoms with Crippen LogP contribution in [0, 0.1) is 17.1 Å². The first kappa shape index (κ1) is 17.2. The number of rotatable bonds is 4. The normalized spacial score (nSPS) is 10.8. The molecule has 2 rings (SSSR count). The molecule has 0 aliphatic heterocycles. The number of hydrogen-bond acceptors (Lipinski definition) is 3. The van der Waals surface area contributed by atoms with Gasteiger partial charge in [0.25, 0.3) is 5.91 Å². The molecule has 0 saturated heterocycles. The molecule has 0 heterocycles. The van der Waals surface area contributed by atoms with Crippen LogP contribution < -0.4 is 5.32 Å². The zero-order valence-electron chi connectivity index (χ0n) is 12.1. The molecule has 0 atom stereocenters. The number of anilines is 1. The third-order valence-corrected chi connectivity index (χ3v) is 3.37. The van der Waals surface area contributed by atoms with Gasteiger partial charge in [-0.15, -0.1) is 0 Å². The third-order valence-electron chi connectivity index (χ3n) is 3.04. The van der Waals surface area contributed by atoms with E-state index in [1.165, 1.54) is 36.4 Å². The van der Waals surface area contributed by atoms with Gasteiger partial charge in [-0.25, -0.2) is 9.18 Å². The van der Waals surface area contributed by atoms with Gasteiger partial charge in [0, 0.05) is 11.3 Å². The molecule has 1 amide bonds.